The van der Waals surface area contributed by atoms with Crippen LogP contribution in [0.5, 0.6) is 11.5 Å². The van der Waals surface area contributed by atoms with Gasteiger partial charge in [0.25, 0.3) is 0 Å². The third kappa shape index (κ3) is 8.36. The van der Waals surface area contributed by atoms with Gasteiger partial charge in [-0.1, -0.05) is 47.5 Å². The summed E-state index contributed by atoms with van der Waals surface area (Å²) < 4.78 is 11.9. The van der Waals surface area contributed by atoms with E-state index in [1.165, 1.54) is 11.1 Å². The smallest absolute Gasteiger partial charge is 0.321 e. The van der Waals surface area contributed by atoms with Crippen LogP contribution in [0.25, 0.3) is 6.08 Å². The third-order valence-corrected chi connectivity index (χ3v) is 9.39. The van der Waals surface area contributed by atoms with E-state index >= 15 is 0 Å². The van der Waals surface area contributed by atoms with E-state index in [9.17, 15) is 19.2 Å². The van der Waals surface area contributed by atoms with Crippen LogP contribution in [0, 0.1) is 11.8 Å². The number of rotatable bonds is 11. The summed E-state index contributed by atoms with van der Waals surface area (Å²) in [5, 5.41) is 5.74. The largest absolute Gasteiger partial charge is 0.496 e. The van der Waals surface area contributed by atoms with Crippen LogP contribution < -0.4 is 20.1 Å². The normalized spacial score (nSPS) is 22.8. The highest BCUT2D eigenvalue weighted by Gasteiger charge is 2.47. The van der Waals surface area contributed by atoms with E-state index in [0.717, 1.165) is 6.42 Å². The Morgan fingerprint density at radius 1 is 1.07 bits per heavy atom. The van der Waals surface area contributed by atoms with Gasteiger partial charge in [0.05, 0.1) is 19.7 Å². The van der Waals surface area contributed by atoms with Crippen molar-refractivity contribution in [2.75, 3.05) is 34.3 Å². The van der Waals surface area contributed by atoms with E-state index < -0.39 is 30.1 Å². The quantitative estimate of drug-likeness (QED) is 0.382. The fourth-order valence-electron chi connectivity index (χ4n) is 6.14. The zero-order valence-corrected chi connectivity index (χ0v) is 28.5. The first-order valence-electron chi connectivity index (χ1n) is 16.3. The number of fused-ring (bicyclic) bond motifs is 3. The summed E-state index contributed by atoms with van der Waals surface area (Å²) in [5.74, 6) is 0.171. The Labute approximate surface area is 268 Å². The number of hydrogen-bond donors (Lipinski definition) is 2. The minimum atomic E-state index is -1.02. The molecule has 2 N–H and O–H groups in total. The SMILES string of the molecule is CCC(C)C1NC(=O)C2C(CCN2C(=O)N(CC(=O)C(C(C)CC)N(C)C)C(C)CC)Oc2ccc(OC)c(c2)C=CNC1=O. The van der Waals surface area contributed by atoms with Crippen LogP contribution in [0.4, 0.5) is 4.79 Å². The van der Waals surface area contributed by atoms with Crippen molar-refractivity contribution < 1.29 is 28.7 Å². The standard InChI is InChI=1S/C34H53N5O6/c1-10-21(4)29-32(41)35-17-15-24-19-25(13-14-27(24)44-9)45-28-16-18-38(31(28)33(42)36-29)34(43)39(23(6)12-3)20-26(40)30(37(7)8)22(5)11-2/h13-15,17,19,21-23,28-31H,10-12,16,18,20H2,1-9H3,(H,35,41)(H,36,42). The summed E-state index contributed by atoms with van der Waals surface area (Å²) in [7, 11) is 5.33. The van der Waals surface area contributed by atoms with Crippen LogP contribution in [-0.2, 0) is 14.4 Å². The molecular weight excluding hydrogens is 574 g/mol. The Morgan fingerprint density at radius 2 is 1.78 bits per heavy atom. The average molecular weight is 628 g/mol. The molecule has 250 valence electrons. The number of nitrogens with one attached hydrogen (secondary N) is 2. The van der Waals surface area contributed by atoms with E-state index in [-0.39, 0.29) is 48.7 Å². The lowest BCUT2D eigenvalue weighted by Gasteiger charge is -2.37. The minimum absolute atomic E-state index is 0.0406. The first-order valence-corrected chi connectivity index (χ1v) is 16.3. The van der Waals surface area contributed by atoms with Crippen LogP contribution in [0.2, 0.25) is 0 Å². The number of methoxy groups -OCH3 is 1. The molecule has 2 aliphatic rings. The Balaban J connectivity index is 2.03. The van der Waals surface area contributed by atoms with Crippen LogP contribution in [-0.4, -0.2) is 103 Å². The number of Topliss-reactive ketones (excluding diaryl/α,β-unsaturated/α-hetero) is 1. The van der Waals surface area contributed by atoms with Crippen molar-refractivity contribution in [2.45, 2.75) is 97.5 Å². The van der Waals surface area contributed by atoms with Crippen LogP contribution in [0.1, 0.15) is 72.8 Å². The molecule has 0 radical (unpaired) electrons. The van der Waals surface area contributed by atoms with Gasteiger partial charge in [-0.05, 0) is 63.6 Å². The first kappa shape index (κ1) is 35.9. The average Bonchev–Trinajstić information content (AvgIpc) is 3.44. The van der Waals surface area contributed by atoms with E-state index in [0.29, 0.717) is 36.3 Å². The van der Waals surface area contributed by atoms with Gasteiger partial charge in [0, 0.05) is 30.8 Å². The molecule has 45 heavy (non-hydrogen) atoms. The van der Waals surface area contributed by atoms with E-state index in [2.05, 4.69) is 17.6 Å². The number of ether oxygens (including phenoxy) is 2. The van der Waals surface area contributed by atoms with Crippen molar-refractivity contribution in [3.63, 3.8) is 0 Å². The van der Waals surface area contributed by atoms with Crippen molar-refractivity contribution in [1.29, 1.82) is 0 Å². The Hall–Kier alpha value is -3.60. The molecule has 2 bridgehead atoms. The molecule has 11 nitrogen and oxygen atoms in total. The lowest BCUT2D eigenvalue weighted by Crippen LogP contribution is -2.60. The summed E-state index contributed by atoms with van der Waals surface area (Å²) in [4.78, 5) is 60.6. The van der Waals surface area contributed by atoms with Crippen LogP contribution >= 0.6 is 0 Å². The van der Waals surface area contributed by atoms with Crippen LogP contribution in [0.15, 0.2) is 24.4 Å². The van der Waals surface area contributed by atoms with E-state index in [1.807, 2.05) is 53.6 Å². The number of carbonyl (C=O) groups is 4. The molecule has 2 aliphatic heterocycles. The van der Waals surface area contributed by atoms with Crippen molar-refractivity contribution in [2.24, 2.45) is 11.8 Å². The summed E-state index contributed by atoms with van der Waals surface area (Å²) >= 11 is 0. The van der Waals surface area contributed by atoms with Crippen molar-refractivity contribution in [1.82, 2.24) is 25.3 Å². The molecule has 0 aromatic heterocycles. The first-order chi connectivity index (χ1) is 21.4. The molecule has 3 rings (SSSR count). The molecule has 1 fully saturated rings. The maximum Gasteiger partial charge on any atom is 0.321 e. The van der Waals surface area contributed by atoms with Crippen molar-refractivity contribution in [3.05, 3.63) is 30.0 Å². The zero-order valence-electron chi connectivity index (χ0n) is 28.5. The monoisotopic (exact) mass is 627 g/mol. The molecule has 4 amide bonds. The molecule has 7 unspecified atom stereocenters. The van der Waals surface area contributed by atoms with Gasteiger partial charge >= 0.3 is 6.03 Å². The molecule has 7 atom stereocenters. The fraction of sp³-hybridized carbons (Fsp3) is 0.647. The lowest BCUT2D eigenvalue weighted by molar-refractivity contribution is -0.133. The molecule has 2 heterocycles. The molecule has 0 aliphatic carbocycles. The van der Waals surface area contributed by atoms with Gasteiger partial charge in [0.1, 0.15) is 29.7 Å². The second kappa shape index (κ2) is 16.1. The maximum atomic E-state index is 14.4. The Bertz CT molecular complexity index is 1240. The maximum absolute atomic E-state index is 14.4. The summed E-state index contributed by atoms with van der Waals surface area (Å²) in [5.41, 5.74) is 0.689. The van der Waals surface area contributed by atoms with Crippen molar-refractivity contribution >= 4 is 29.7 Å². The highest BCUT2D eigenvalue weighted by atomic mass is 16.5. The van der Waals surface area contributed by atoms with Gasteiger partial charge in [-0.25, -0.2) is 4.79 Å². The number of likely N-dealkylation sites (N-methyl/N-ethyl adjacent to an activating group) is 1. The number of ketones is 1. The topological polar surface area (TPSA) is 121 Å². The van der Waals surface area contributed by atoms with Gasteiger partial charge in [0.2, 0.25) is 11.8 Å². The number of nitrogens with zero attached hydrogens (tertiary/aromatic N) is 3. The number of amides is 4. The molecule has 0 spiro atoms. The lowest BCUT2D eigenvalue weighted by atomic mass is 9.94. The summed E-state index contributed by atoms with van der Waals surface area (Å²) in [6.07, 6.45) is 5.09. The number of likely N-dealkylation sites (tertiary alicyclic amines) is 1. The highest BCUT2D eigenvalue weighted by Crippen LogP contribution is 2.31. The molecule has 1 saturated heterocycles. The fourth-order valence-corrected chi connectivity index (χ4v) is 6.14. The molecule has 0 saturated carbocycles. The Kier molecular flexibility index (Phi) is 12.8. The number of urea groups is 1. The number of benzene rings is 1. The summed E-state index contributed by atoms with van der Waals surface area (Å²) in [6.45, 7) is 12.0. The minimum Gasteiger partial charge on any atom is -0.496 e. The number of hydrogen-bond acceptors (Lipinski definition) is 7. The molecular formula is C34H53N5O6. The van der Waals surface area contributed by atoms with Crippen LogP contribution in [0.3, 0.4) is 0 Å². The van der Waals surface area contributed by atoms with Gasteiger partial charge in [0.15, 0.2) is 5.78 Å². The number of carbonyl (C=O) groups excluding carboxylic acids is 4. The molecule has 1 aromatic rings. The van der Waals surface area contributed by atoms with Gasteiger partial charge in [-0.3, -0.25) is 19.3 Å². The predicted molar refractivity (Wildman–Crippen MR) is 175 cm³/mol. The van der Waals surface area contributed by atoms with Crippen molar-refractivity contribution in [3.8, 4) is 11.5 Å². The predicted octanol–water partition coefficient (Wildman–Crippen LogP) is 3.91. The zero-order chi connectivity index (χ0) is 33.4. The van der Waals surface area contributed by atoms with Gasteiger partial charge in [-0.2, -0.15) is 0 Å². The van der Waals surface area contributed by atoms with Gasteiger partial charge in [-0.15, -0.1) is 0 Å². The third-order valence-electron chi connectivity index (χ3n) is 9.39. The van der Waals surface area contributed by atoms with E-state index in [4.69, 9.17) is 9.47 Å². The Morgan fingerprint density at radius 3 is 2.38 bits per heavy atom. The highest BCUT2D eigenvalue weighted by molar-refractivity contribution is 5.94. The van der Waals surface area contributed by atoms with E-state index in [1.54, 1.807) is 36.3 Å². The van der Waals surface area contributed by atoms with Gasteiger partial charge < -0.3 is 29.9 Å². The summed E-state index contributed by atoms with van der Waals surface area (Å²) in [6, 6.07) is 2.48. The second-order valence-electron chi connectivity index (χ2n) is 12.6. The molecule has 1 aromatic carbocycles. The second-order valence-corrected chi connectivity index (χ2v) is 12.6. The molecule has 11 heteroatoms.